The van der Waals surface area contributed by atoms with E-state index in [1.54, 1.807) is 0 Å². The molecule has 0 saturated carbocycles. The Morgan fingerprint density at radius 2 is 1.72 bits per heavy atom. The fourth-order valence-corrected chi connectivity index (χ4v) is 4.14. The fraction of sp³-hybridized carbons (Fsp3) is 0.333. The number of carbonyl (C=O) groups excluding carboxylic acids is 2. The summed E-state index contributed by atoms with van der Waals surface area (Å²) >= 11 is 1.31. The predicted octanol–water partition coefficient (Wildman–Crippen LogP) is 4.39. The summed E-state index contributed by atoms with van der Waals surface area (Å²) in [5.41, 5.74) is 4.95. The molecule has 7 nitrogen and oxygen atoms in total. The lowest BCUT2D eigenvalue weighted by Gasteiger charge is -2.10. The Hall–Kier alpha value is -3.13. The zero-order valence-corrected chi connectivity index (χ0v) is 19.8. The second-order valence-corrected chi connectivity index (χ2v) is 8.52. The lowest BCUT2D eigenvalue weighted by atomic mass is 10.1. The predicted molar refractivity (Wildman–Crippen MR) is 129 cm³/mol. The molecule has 0 radical (unpaired) electrons. The number of anilines is 2. The van der Waals surface area contributed by atoms with Gasteiger partial charge in [-0.1, -0.05) is 48.5 Å². The van der Waals surface area contributed by atoms with Gasteiger partial charge in [0.15, 0.2) is 5.16 Å². The molecule has 0 bridgehead atoms. The van der Waals surface area contributed by atoms with Crippen LogP contribution in [0, 0.1) is 13.8 Å². The topological polar surface area (TPSA) is 88.9 Å². The summed E-state index contributed by atoms with van der Waals surface area (Å²) in [7, 11) is 0. The molecule has 0 atom stereocenters. The van der Waals surface area contributed by atoms with Crippen molar-refractivity contribution in [3.63, 3.8) is 0 Å². The second kappa shape index (κ2) is 10.9. The van der Waals surface area contributed by atoms with E-state index in [2.05, 4.69) is 27.8 Å². The Balaban J connectivity index is 1.57. The Labute approximate surface area is 193 Å². The minimum Gasteiger partial charge on any atom is -0.325 e. The van der Waals surface area contributed by atoms with Gasteiger partial charge in [0.2, 0.25) is 11.8 Å². The standard InChI is InChI=1S/C24H29N5O2S/c1-5-18-8-10-19(11-9-18)25-23(31)15-32-24-28-27-21(29(24)6-2)14-22(30)26-20-12-7-16(3)13-17(20)4/h7-13H,5-6,14-15H2,1-4H3,(H,25,31)(H,26,30). The first kappa shape index (κ1) is 23.5. The first-order valence-electron chi connectivity index (χ1n) is 10.7. The monoisotopic (exact) mass is 451 g/mol. The van der Waals surface area contributed by atoms with Crippen molar-refractivity contribution in [1.82, 2.24) is 14.8 Å². The molecule has 2 aromatic carbocycles. The number of benzene rings is 2. The van der Waals surface area contributed by atoms with Crippen LogP contribution in [0.3, 0.4) is 0 Å². The minimum atomic E-state index is -0.149. The van der Waals surface area contributed by atoms with E-state index < -0.39 is 0 Å². The first-order valence-corrected chi connectivity index (χ1v) is 11.7. The van der Waals surface area contributed by atoms with Crippen LogP contribution >= 0.6 is 11.8 Å². The lowest BCUT2D eigenvalue weighted by Crippen LogP contribution is -2.18. The van der Waals surface area contributed by atoms with E-state index in [0.29, 0.717) is 17.5 Å². The Kier molecular flexibility index (Phi) is 8.05. The van der Waals surface area contributed by atoms with Crippen LogP contribution in [0.15, 0.2) is 47.6 Å². The number of hydrogen-bond acceptors (Lipinski definition) is 5. The zero-order chi connectivity index (χ0) is 23.1. The van der Waals surface area contributed by atoms with Crippen molar-refractivity contribution in [2.75, 3.05) is 16.4 Å². The Morgan fingerprint density at radius 3 is 2.38 bits per heavy atom. The molecule has 0 aliphatic heterocycles. The number of nitrogens with zero attached hydrogens (tertiary/aromatic N) is 3. The van der Waals surface area contributed by atoms with Crippen LogP contribution in [0.2, 0.25) is 0 Å². The molecule has 0 spiro atoms. The minimum absolute atomic E-state index is 0.112. The maximum atomic E-state index is 12.5. The highest BCUT2D eigenvalue weighted by molar-refractivity contribution is 7.99. The molecule has 2 amide bonds. The summed E-state index contributed by atoms with van der Waals surface area (Å²) < 4.78 is 1.87. The van der Waals surface area contributed by atoms with Gasteiger partial charge in [-0.25, -0.2) is 0 Å². The fourth-order valence-electron chi connectivity index (χ4n) is 3.32. The number of rotatable bonds is 9. The van der Waals surface area contributed by atoms with Gasteiger partial charge in [-0.3, -0.25) is 9.59 Å². The molecular formula is C24H29N5O2S. The molecule has 168 valence electrons. The molecular weight excluding hydrogens is 422 g/mol. The molecule has 0 aliphatic carbocycles. The number of nitrogens with one attached hydrogen (secondary N) is 2. The zero-order valence-electron chi connectivity index (χ0n) is 18.9. The van der Waals surface area contributed by atoms with Crippen LogP contribution in [0.25, 0.3) is 0 Å². The molecule has 0 unspecified atom stereocenters. The third kappa shape index (κ3) is 6.20. The number of aryl methyl sites for hydroxylation is 3. The van der Waals surface area contributed by atoms with Crippen molar-refractivity contribution in [3.05, 3.63) is 65.0 Å². The van der Waals surface area contributed by atoms with Crippen molar-refractivity contribution in [3.8, 4) is 0 Å². The van der Waals surface area contributed by atoms with Crippen LogP contribution in [0.4, 0.5) is 11.4 Å². The molecule has 0 saturated heterocycles. The van der Waals surface area contributed by atoms with E-state index in [1.165, 1.54) is 17.3 Å². The molecule has 8 heteroatoms. The average molecular weight is 452 g/mol. The van der Waals surface area contributed by atoms with E-state index in [-0.39, 0.29) is 24.0 Å². The van der Waals surface area contributed by atoms with Crippen molar-refractivity contribution in [2.45, 2.75) is 52.2 Å². The number of hydrogen-bond donors (Lipinski definition) is 2. The molecule has 1 heterocycles. The maximum absolute atomic E-state index is 12.5. The maximum Gasteiger partial charge on any atom is 0.234 e. The lowest BCUT2D eigenvalue weighted by molar-refractivity contribution is -0.116. The molecule has 32 heavy (non-hydrogen) atoms. The second-order valence-electron chi connectivity index (χ2n) is 7.57. The van der Waals surface area contributed by atoms with Gasteiger partial charge in [-0.05, 0) is 56.5 Å². The third-order valence-corrected chi connectivity index (χ3v) is 6.03. The average Bonchev–Trinajstić information content (AvgIpc) is 3.16. The summed E-state index contributed by atoms with van der Waals surface area (Å²) in [6.45, 7) is 8.66. The molecule has 3 aromatic rings. The SMILES string of the molecule is CCc1ccc(NC(=O)CSc2nnc(CC(=O)Nc3ccc(C)cc3C)n2CC)cc1. The third-order valence-electron chi connectivity index (χ3n) is 5.06. The van der Waals surface area contributed by atoms with Crippen LogP contribution in [0.5, 0.6) is 0 Å². The quantitative estimate of drug-likeness (QED) is 0.471. The summed E-state index contributed by atoms with van der Waals surface area (Å²) in [5.74, 6) is 0.526. The highest BCUT2D eigenvalue weighted by atomic mass is 32.2. The van der Waals surface area contributed by atoms with Crippen LogP contribution < -0.4 is 10.6 Å². The van der Waals surface area contributed by atoms with Gasteiger partial charge in [0.05, 0.1) is 12.2 Å². The Bertz CT molecular complexity index is 1090. The van der Waals surface area contributed by atoms with Gasteiger partial charge in [0.1, 0.15) is 5.82 Å². The molecule has 1 aromatic heterocycles. The summed E-state index contributed by atoms with van der Waals surface area (Å²) in [6, 6.07) is 13.7. The van der Waals surface area contributed by atoms with E-state index in [4.69, 9.17) is 0 Å². The van der Waals surface area contributed by atoms with E-state index >= 15 is 0 Å². The van der Waals surface area contributed by atoms with Gasteiger partial charge < -0.3 is 15.2 Å². The molecule has 3 rings (SSSR count). The van der Waals surface area contributed by atoms with Gasteiger partial charge in [0.25, 0.3) is 0 Å². The Morgan fingerprint density at radius 1 is 0.969 bits per heavy atom. The normalized spacial score (nSPS) is 10.8. The van der Waals surface area contributed by atoms with Crippen molar-refractivity contribution >= 4 is 35.0 Å². The van der Waals surface area contributed by atoms with E-state index in [0.717, 1.165) is 28.9 Å². The molecule has 2 N–H and O–H groups in total. The van der Waals surface area contributed by atoms with Crippen LogP contribution in [-0.2, 0) is 29.0 Å². The van der Waals surface area contributed by atoms with Crippen LogP contribution in [0.1, 0.15) is 36.4 Å². The van der Waals surface area contributed by atoms with Crippen molar-refractivity contribution in [2.24, 2.45) is 0 Å². The highest BCUT2D eigenvalue weighted by Gasteiger charge is 2.16. The van der Waals surface area contributed by atoms with Gasteiger partial charge >= 0.3 is 0 Å². The summed E-state index contributed by atoms with van der Waals surface area (Å²) in [6.07, 6.45) is 1.08. The largest absolute Gasteiger partial charge is 0.325 e. The number of carbonyl (C=O) groups is 2. The summed E-state index contributed by atoms with van der Waals surface area (Å²) in [5, 5.41) is 14.8. The van der Waals surface area contributed by atoms with Gasteiger partial charge in [-0.2, -0.15) is 0 Å². The number of aromatic nitrogens is 3. The van der Waals surface area contributed by atoms with Crippen LogP contribution in [-0.4, -0.2) is 32.3 Å². The van der Waals surface area contributed by atoms with Crippen molar-refractivity contribution in [1.29, 1.82) is 0 Å². The molecule has 0 aliphatic rings. The van der Waals surface area contributed by atoms with E-state index in [1.807, 2.05) is 67.8 Å². The molecule has 0 fully saturated rings. The summed E-state index contributed by atoms with van der Waals surface area (Å²) in [4.78, 5) is 24.9. The number of thioether (sulfide) groups is 1. The van der Waals surface area contributed by atoms with Gasteiger partial charge in [-0.15, -0.1) is 10.2 Å². The van der Waals surface area contributed by atoms with Crippen molar-refractivity contribution < 1.29 is 9.59 Å². The number of amides is 2. The van der Waals surface area contributed by atoms with E-state index in [9.17, 15) is 9.59 Å². The van der Waals surface area contributed by atoms with Gasteiger partial charge in [0, 0.05) is 17.9 Å². The highest BCUT2D eigenvalue weighted by Crippen LogP contribution is 2.20. The first-order chi connectivity index (χ1) is 15.4. The smallest absolute Gasteiger partial charge is 0.234 e.